The highest BCUT2D eigenvalue weighted by molar-refractivity contribution is 6.30. The van der Waals surface area contributed by atoms with Crippen LogP contribution in [0.1, 0.15) is 46.0 Å². The molecule has 0 N–H and O–H groups in total. The van der Waals surface area contributed by atoms with Crippen LogP contribution in [0.25, 0.3) is 0 Å². The van der Waals surface area contributed by atoms with Crippen LogP contribution in [0.2, 0.25) is 0 Å². The first kappa shape index (κ1) is 12.9. The lowest BCUT2D eigenvalue weighted by atomic mass is 9.72. The molecule has 0 bridgehead atoms. The van der Waals surface area contributed by atoms with Crippen molar-refractivity contribution in [3.63, 3.8) is 0 Å². The van der Waals surface area contributed by atoms with Crippen molar-refractivity contribution in [2.75, 3.05) is 0 Å². The molecule has 1 unspecified atom stereocenters. The Morgan fingerprint density at radius 1 is 1.41 bits per heavy atom. The molecule has 1 heterocycles. The van der Waals surface area contributed by atoms with E-state index in [4.69, 9.17) is 11.6 Å². The lowest BCUT2D eigenvalue weighted by Gasteiger charge is -2.33. The van der Waals surface area contributed by atoms with Crippen LogP contribution in [0, 0.1) is 17.8 Å². The topological polar surface area (TPSA) is 12.4 Å². The Balaban J connectivity index is 1.99. The van der Waals surface area contributed by atoms with Gasteiger partial charge in [0.15, 0.2) is 0 Å². The Labute approximate surface area is 110 Å². The third-order valence-corrected chi connectivity index (χ3v) is 4.29. The first-order chi connectivity index (χ1) is 8.19. The Kier molecular flexibility index (Phi) is 4.44. The summed E-state index contributed by atoms with van der Waals surface area (Å²) in [6, 6.07) is 0. The van der Waals surface area contributed by atoms with Crippen molar-refractivity contribution in [1.82, 2.24) is 0 Å². The molecule has 2 rings (SSSR count). The number of aliphatic imine (C=N–C) groups is 1. The first-order valence-corrected chi connectivity index (χ1v) is 7.19. The Morgan fingerprint density at radius 3 is 2.76 bits per heavy atom. The molecule has 0 spiro atoms. The monoisotopic (exact) mass is 251 g/mol. The molecule has 0 saturated heterocycles. The summed E-state index contributed by atoms with van der Waals surface area (Å²) in [5.41, 5.74) is 1.36. The van der Waals surface area contributed by atoms with Crippen LogP contribution in [-0.2, 0) is 0 Å². The smallest absolute Gasteiger partial charge is 0.125 e. The molecular weight excluding hydrogens is 230 g/mol. The number of halogens is 1. The number of nitrogens with zero attached hydrogens (tertiary/aromatic N) is 1. The van der Waals surface area contributed by atoms with Crippen LogP contribution in [-0.4, -0.2) is 6.21 Å². The fourth-order valence-electron chi connectivity index (χ4n) is 2.81. The molecule has 1 aliphatic carbocycles. The third-order valence-electron chi connectivity index (χ3n) is 4.07. The van der Waals surface area contributed by atoms with E-state index in [-0.39, 0.29) is 0 Å². The van der Waals surface area contributed by atoms with Gasteiger partial charge in [0.05, 0.1) is 0 Å². The zero-order valence-corrected chi connectivity index (χ0v) is 11.6. The minimum Gasteiger partial charge on any atom is -0.245 e. The molecule has 17 heavy (non-hydrogen) atoms. The van der Waals surface area contributed by atoms with Gasteiger partial charge in [-0.05, 0) is 35.8 Å². The molecule has 1 fully saturated rings. The van der Waals surface area contributed by atoms with Crippen LogP contribution >= 0.6 is 11.6 Å². The standard InChI is InChI=1S/C15H22ClN/c1-3-13(14-5-4-6-14)9-12-7-11(2)8-15(16)17-10-12/h7-8,10-11,13-14H,3-6,9H2,1-2H3/t11-,13?/m1/s1. The van der Waals surface area contributed by atoms with Crippen molar-refractivity contribution in [3.8, 4) is 0 Å². The molecule has 1 saturated carbocycles. The quantitative estimate of drug-likeness (QED) is 0.629. The van der Waals surface area contributed by atoms with E-state index in [1.807, 2.05) is 12.3 Å². The highest BCUT2D eigenvalue weighted by atomic mass is 35.5. The van der Waals surface area contributed by atoms with E-state index in [1.165, 1.54) is 37.7 Å². The van der Waals surface area contributed by atoms with Crippen LogP contribution < -0.4 is 0 Å². The van der Waals surface area contributed by atoms with Crippen LogP contribution in [0.4, 0.5) is 0 Å². The molecule has 0 aromatic heterocycles. The van der Waals surface area contributed by atoms with Gasteiger partial charge in [-0.3, -0.25) is 0 Å². The summed E-state index contributed by atoms with van der Waals surface area (Å²) in [4.78, 5) is 4.28. The molecule has 0 aromatic carbocycles. The largest absolute Gasteiger partial charge is 0.245 e. The number of hydrogen-bond donors (Lipinski definition) is 0. The number of rotatable bonds is 4. The predicted octanol–water partition coefficient (Wildman–Crippen LogP) is 4.93. The van der Waals surface area contributed by atoms with Gasteiger partial charge in [0, 0.05) is 6.21 Å². The Hall–Kier alpha value is -0.560. The van der Waals surface area contributed by atoms with Crippen LogP contribution in [0.3, 0.4) is 0 Å². The zero-order valence-electron chi connectivity index (χ0n) is 10.8. The molecule has 0 radical (unpaired) electrons. The van der Waals surface area contributed by atoms with E-state index < -0.39 is 0 Å². The minimum absolute atomic E-state index is 0.402. The second-order valence-corrected chi connectivity index (χ2v) is 5.80. The highest BCUT2D eigenvalue weighted by Crippen LogP contribution is 2.38. The summed E-state index contributed by atoms with van der Waals surface area (Å²) in [7, 11) is 0. The third kappa shape index (κ3) is 3.45. The van der Waals surface area contributed by atoms with Crippen molar-refractivity contribution in [1.29, 1.82) is 0 Å². The van der Waals surface area contributed by atoms with E-state index in [2.05, 4.69) is 24.9 Å². The molecule has 2 atom stereocenters. The Morgan fingerprint density at radius 2 is 2.18 bits per heavy atom. The fourth-order valence-corrected chi connectivity index (χ4v) is 3.06. The van der Waals surface area contributed by atoms with Crippen molar-refractivity contribution in [3.05, 3.63) is 22.9 Å². The zero-order chi connectivity index (χ0) is 12.3. The van der Waals surface area contributed by atoms with Crippen molar-refractivity contribution in [2.24, 2.45) is 22.7 Å². The van der Waals surface area contributed by atoms with Gasteiger partial charge in [-0.2, -0.15) is 0 Å². The molecule has 1 nitrogen and oxygen atoms in total. The highest BCUT2D eigenvalue weighted by Gasteiger charge is 2.26. The summed E-state index contributed by atoms with van der Waals surface area (Å²) in [5.74, 6) is 2.20. The molecular formula is C15H22ClN. The maximum atomic E-state index is 5.98. The molecule has 0 aromatic rings. The van der Waals surface area contributed by atoms with Gasteiger partial charge < -0.3 is 0 Å². The van der Waals surface area contributed by atoms with Gasteiger partial charge in [0.2, 0.25) is 0 Å². The average Bonchev–Trinajstić information content (AvgIpc) is 2.36. The molecule has 1 aliphatic heterocycles. The lowest BCUT2D eigenvalue weighted by Crippen LogP contribution is -2.22. The lowest BCUT2D eigenvalue weighted by molar-refractivity contribution is 0.200. The summed E-state index contributed by atoms with van der Waals surface area (Å²) in [5, 5.41) is 0.625. The predicted molar refractivity (Wildman–Crippen MR) is 75.4 cm³/mol. The summed E-state index contributed by atoms with van der Waals surface area (Å²) >= 11 is 5.98. The van der Waals surface area contributed by atoms with Gasteiger partial charge >= 0.3 is 0 Å². The van der Waals surface area contributed by atoms with Crippen molar-refractivity contribution < 1.29 is 0 Å². The summed E-state index contributed by atoms with van der Waals surface area (Å²) in [6.07, 6.45) is 13.0. The van der Waals surface area contributed by atoms with E-state index in [0.29, 0.717) is 11.1 Å². The molecule has 2 aliphatic rings. The molecule has 0 amide bonds. The van der Waals surface area contributed by atoms with E-state index in [1.54, 1.807) is 0 Å². The van der Waals surface area contributed by atoms with Gasteiger partial charge in [0.25, 0.3) is 0 Å². The minimum atomic E-state index is 0.402. The summed E-state index contributed by atoms with van der Waals surface area (Å²) in [6.45, 7) is 4.48. The maximum absolute atomic E-state index is 5.98. The van der Waals surface area contributed by atoms with E-state index in [0.717, 1.165) is 11.8 Å². The first-order valence-electron chi connectivity index (χ1n) is 6.81. The summed E-state index contributed by atoms with van der Waals surface area (Å²) < 4.78 is 0. The average molecular weight is 252 g/mol. The fraction of sp³-hybridized carbons (Fsp3) is 0.667. The number of hydrogen-bond acceptors (Lipinski definition) is 1. The van der Waals surface area contributed by atoms with Gasteiger partial charge in [0.1, 0.15) is 5.16 Å². The number of allylic oxidation sites excluding steroid dienone is 3. The Bertz CT molecular complexity index is 350. The van der Waals surface area contributed by atoms with Crippen LogP contribution in [0.15, 0.2) is 27.9 Å². The SMILES string of the molecule is CCC(CC1=C[C@@H](C)C=C(Cl)N=C1)C1CCC1. The van der Waals surface area contributed by atoms with Crippen LogP contribution in [0.5, 0.6) is 0 Å². The molecule has 2 heteroatoms. The second-order valence-electron chi connectivity index (χ2n) is 5.41. The molecule has 94 valence electrons. The van der Waals surface area contributed by atoms with E-state index in [9.17, 15) is 0 Å². The maximum Gasteiger partial charge on any atom is 0.125 e. The van der Waals surface area contributed by atoms with Crippen molar-refractivity contribution in [2.45, 2.75) is 46.0 Å². The van der Waals surface area contributed by atoms with Gasteiger partial charge in [-0.25, -0.2) is 4.99 Å². The van der Waals surface area contributed by atoms with Crippen molar-refractivity contribution >= 4 is 17.8 Å². The van der Waals surface area contributed by atoms with Gasteiger partial charge in [-0.15, -0.1) is 0 Å². The van der Waals surface area contributed by atoms with E-state index >= 15 is 0 Å². The van der Waals surface area contributed by atoms with Gasteiger partial charge in [-0.1, -0.05) is 57.2 Å². The second kappa shape index (κ2) is 5.86. The normalized spacial score (nSPS) is 26.9.